The van der Waals surface area contributed by atoms with Crippen molar-refractivity contribution in [1.82, 2.24) is 20.3 Å². The zero-order chi connectivity index (χ0) is 27.1. The minimum Gasteiger partial charge on any atom is -0.410 e. The van der Waals surface area contributed by atoms with Gasteiger partial charge in [-0.2, -0.15) is 0 Å². The number of nitrogens with zero attached hydrogens (tertiary/aromatic N) is 2. The van der Waals surface area contributed by atoms with Crippen LogP contribution in [0.2, 0.25) is 0 Å². The first-order valence-corrected chi connectivity index (χ1v) is 14.4. The van der Waals surface area contributed by atoms with E-state index in [1.54, 1.807) is 6.20 Å². The summed E-state index contributed by atoms with van der Waals surface area (Å²) in [6, 6.07) is 22.0. The van der Waals surface area contributed by atoms with Crippen molar-refractivity contribution >= 4 is 33.7 Å². The molecule has 0 atom stereocenters. The maximum absolute atomic E-state index is 12.2. The summed E-state index contributed by atoms with van der Waals surface area (Å²) in [7, 11) is 0. The Labute approximate surface area is 234 Å². The summed E-state index contributed by atoms with van der Waals surface area (Å²) in [4.78, 5) is 24.8. The van der Waals surface area contributed by atoms with Gasteiger partial charge in [-0.05, 0) is 98.2 Å². The Kier molecular flexibility index (Phi) is 7.89. The van der Waals surface area contributed by atoms with Crippen molar-refractivity contribution in [3.63, 3.8) is 0 Å². The van der Waals surface area contributed by atoms with Gasteiger partial charge in [-0.25, -0.2) is 9.78 Å². The van der Waals surface area contributed by atoms with Crippen molar-refractivity contribution in [1.29, 1.82) is 0 Å². The smallest absolute Gasteiger partial charge is 0.410 e. The second-order valence-corrected chi connectivity index (χ2v) is 10.4. The number of anilines is 1. The van der Waals surface area contributed by atoms with Gasteiger partial charge < -0.3 is 20.4 Å². The van der Waals surface area contributed by atoms with Crippen molar-refractivity contribution in [2.45, 2.75) is 51.4 Å². The third-order valence-electron chi connectivity index (χ3n) is 7.61. The number of fused-ring (bicyclic) bond motifs is 3. The van der Waals surface area contributed by atoms with Crippen LogP contribution in [0, 0.1) is 0 Å². The molecule has 0 spiro atoms. The number of ether oxygens (including phenoxy) is 1. The Morgan fingerprint density at radius 2 is 1.73 bits per heavy atom. The van der Waals surface area contributed by atoms with Crippen molar-refractivity contribution < 1.29 is 9.53 Å². The molecule has 3 aromatic heterocycles. The Hall–Kier alpha value is -4.39. The van der Waals surface area contributed by atoms with Gasteiger partial charge in [0.2, 0.25) is 0 Å². The number of carbonyl (C=O) groups excluding carboxylic acids is 1. The number of carbonyl (C=O) groups is 1. The maximum atomic E-state index is 12.2. The van der Waals surface area contributed by atoms with Gasteiger partial charge in [0.15, 0.2) is 0 Å². The van der Waals surface area contributed by atoms with Crippen LogP contribution in [0.3, 0.4) is 0 Å². The maximum Gasteiger partial charge on any atom is 0.412 e. The summed E-state index contributed by atoms with van der Waals surface area (Å²) in [5.74, 6) is 0.521. The van der Waals surface area contributed by atoms with E-state index in [4.69, 9.17) is 9.72 Å². The van der Waals surface area contributed by atoms with Crippen molar-refractivity contribution in [2.24, 2.45) is 0 Å². The van der Waals surface area contributed by atoms with E-state index >= 15 is 0 Å². The first-order chi connectivity index (χ1) is 19.7. The van der Waals surface area contributed by atoms with Crippen LogP contribution >= 0.6 is 0 Å². The van der Waals surface area contributed by atoms with Crippen LogP contribution in [-0.4, -0.2) is 34.1 Å². The lowest BCUT2D eigenvalue weighted by Gasteiger charge is -2.21. The van der Waals surface area contributed by atoms with Gasteiger partial charge in [0.25, 0.3) is 0 Å². The fraction of sp³-hybridized carbons (Fsp3) is 0.303. The Morgan fingerprint density at radius 3 is 2.60 bits per heavy atom. The van der Waals surface area contributed by atoms with E-state index in [1.165, 1.54) is 35.2 Å². The van der Waals surface area contributed by atoms with Crippen LogP contribution in [0.25, 0.3) is 33.2 Å². The Morgan fingerprint density at radius 1 is 0.900 bits per heavy atom. The number of hydrogen-bond acceptors (Lipinski definition) is 5. The SMILES string of the molecule is O=C(NCCCCCCNc1c2c(nc3ccccc13)CCCC2)Oc1ccc(-c2cc3cccnc3[nH]2)cc1. The van der Waals surface area contributed by atoms with E-state index in [-0.39, 0.29) is 0 Å². The molecule has 0 bridgehead atoms. The second kappa shape index (κ2) is 12.2. The molecule has 0 saturated heterocycles. The van der Waals surface area contributed by atoms with Gasteiger partial charge in [-0.3, -0.25) is 4.98 Å². The molecular formula is C33H35N5O2. The normalized spacial score (nSPS) is 12.8. The molecule has 204 valence electrons. The van der Waals surface area contributed by atoms with E-state index in [2.05, 4.69) is 50.9 Å². The molecule has 0 unspecified atom stereocenters. The molecule has 1 aliphatic rings. The predicted octanol–water partition coefficient (Wildman–Crippen LogP) is 7.42. The molecule has 1 aliphatic carbocycles. The lowest BCUT2D eigenvalue weighted by atomic mass is 9.92. The molecule has 0 saturated carbocycles. The molecule has 3 heterocycles. The summed E-state index contributed by atoms with van der Waals surface area (Å²) in [5, 5.41) is 8.90. The van der Waals surface area contributed by atoms with E-state index in [0.717, 1.165) is 72.9 Å². The Balaban J connectivity index is 0.904. The van der Waals surface area contributed by atoms with E-state index in [0.29, 0.717) is 12.3 Å². The number of unbranched alkanes of at least 4 members (excludes halogenated alkanes) is 3. The van der Waals surface area contributed by atoms with Gasteiger partial charge in [0.05, 0.1) is 5.52 Å². The van der Waals surface area contributed by atoms with Crippen LogP contribution in [-0.2, 0) is 12.8 Å². The van der Waals surface area contributed by atoms with Gasteiger partial charge in [0.1, 0.15) is 11.4 Å². The highest BCUT2D eigenvalue weighted by Gasteiger charge is 2.17. The van der Waals surface area contributed by atoms with Crippen molar-refractivity contribution in [3.8, 4) is 17.0 Å². The molecule has 3 N–H and O–H groups in total. The standard InChI is InChI=1S/C33H35N5O2/c39-33(40-25-17-15-23(16-18-25)30-22-24-10-9-21-35-32(24)38-30)36-20-8-2-1-7-19-34-31-26-11-3-5-13-28(26)37-29-14-6-4-12-27(29)31/h3,5,9-11,13,15-18,21-22H,1-2,4,6-8,12,14,19-20H2,(H,34,37)(H,35,38)(H,36,39). The van der Waals surface area contributed by atoms with Gasteiger partial charge >= 0.3 is 6.09 Å². The molecule has 7 heteroatoms. The number of pyridine rings is 2. The highest BCUT2D eigenvalue weighted by atomic mass is 16.6. The lowest BCUT2D eigenvalue weighted by molar-refractivity contribution is 0.200. The van der Waals surface area contributed by atoms with Crippen molar-refractivity contribution in [3.05, 3.63) is 84.2 Å². The zero-order valence-electron chi connectivity index (χ0n) is 22.7. The molecule has 2 aromatic carbocycles. The van der Waals surface area contributed by atoms with E-state index in [9.17, 15) is 4.79 Å². The zero-order valence-corrected chi connectivity index (χ0v) is 22.7. The number of aryl methyl sites for hydroxylation is 1. The number of rotatable bonds is 10. The van der Waals surface area contributed by atoms with Gasteiger partial charge in [-0.1, -0.05) is 31.0 Å². The van der Waals surface area contributed by atoms with Crippen LogP contribution in [0.1, 0.15) is 49.8 Å². The molecule has 0 aliphatic heterocycles. The minimum atomic E-state index is -0.418. The van der Waals surface area contributed by atoms with E-state index in [1.807, 2.05) is 36.4 Å². The highest BCUT2D eigenvalue weighted by Crippen LogP contribution is 2.33. The van der Waals surface area contributed by atoms with Crippen LogP contribution < -0.4 is 15.4 Å². The summed E-state index contributed by atoms with van der Waals surface area (Å²) in [6.07, 6.45) is 10.2. The number of benzene rings is 2. The molecular weight excluding hydrogens is 498 g/mol. The van der Waals surface area contributed by atoms with Crippen LogP contribution in [0.15, 0.2) is 72.9 Å². The number of amides is 1. The molecule has 0 radical (unpaired) electrons. The number of H-pyrrole nitrogens is 1. The predicted molar refractivity (Wildman–Crippen MR) is 161 cm³/mol. The minimum absolute atomic E-state index is 0.418. The summed E-state index contributed by atoms with van der Waals surface area (Å²) in [6.45, 7) is 1.55. The third-order valence-corrected chi connectivity index (χ3v) is 7.61. The van der Waals surface area contributed by atoms with E-state index < -0.39 is 6.09 Å². The largest absolute Gasteiger partial charge is 0.412 e. The number of para-hydroxylation sites is 1. The fourth-order valence-electron chi connectivity index (χ4n) is 5.54. The average molecular weight is 534 g/mol. The molecule has 40 heavy (non-hydrogen) atoms. The summed E-state index contributed by atoms with van der Waals surface area (Å²) < 4.78 is 5.45. The van der Waals surface area contributed by atoms with Crippen molar-refractivity contribution in [2.75, 3.05) is 18.4 Å². The highest BCUT2D eigenvalue weighted by molar-refractivity contribution is 5.93. The van der Waals surface area contributed by atoms with Crippen LogP contribution in [0.4, 0.5) is 10.5 Å². The summed E-state index contributed by atoms with van der Waals surface area (Å²) in [5.41, 5.74) is 7.91. The monoisotopic (exact) mass is 533 g/mol. The third kappa shape index (κ3) is 5.93. The molecule has 7 nitrogen and oxygen atoms in total. The van der Waals surface area contributed by atoms with Crippen LogP contribution in [0.5, 0.6) is 5.75 Å². The fourth-order valence-corrected chi connectivity index (χ4v) is 5.54. The molecule has 1 amide bonds. The molecule has 0 fully saturated rings. The number of nitrogens with one attached hydrogen (secondary N) is 3. The van der Waals surface area contributed by atoms with Gasteiger partial charge in [0, 0.05) is 47.1 Å². The first-order valence-electron chi connectivity index (χ1n) is 14.4. The number of aromatic amines is 1. The number of aromatic nitrogens is 3. The average Bonchev–Trinajstić information content (AvgIpc) is 3.43. The second-order valence-electron chi connectivity index (χ2n) is 10.4. The lowest BCUT2D eigenvalue weighted by Crippen LogP contribution is -2.27. The number of hydrogen-bond donors (Lipinski definition) is 3. The summed E-state index contributed by atoms with van der Waals surface area (Å²) >= 11 is 0. The quantitative estimate of drug-likeness (QED) is 0.163. The molecule has 5 aromatic rings. The van der Waals surface area contributed by atoms with Gasteiger partial charge in [-0.15, -0.1) is 0 Å². The Bertz CT molecular complexity index is 1580. The topological polar surface area (TPSA) is 91.9 Å². The molecule has 6 rings (SSSR count). The first kappa shape index (κ1) is 25.9.